The fourth-order valence-electron chi connectivity index (χ4n) is 6.95. The molecular weight excluding hydrogens is 634 g/mol. The van der Waals surface area contributed by atoms with Gasteiger partial charge in [0, 0.05) is 48.3 Å². The topological polar surface area (TPSA) is 90.4 Å². The first kappa shape index (κ1) is 31.4. The molecule has 0 saturated carbocycles. The molecule has 6 atom stereocenters. The third kappa shape index (κ3) is 5.80. The molecule has 10 heteroatoms. The van der Waals surface area contributed by atoms with E-state index in [2.05, 4.69) is 29.1 Å². The van der Waals surface area contributed by atoms with E-state index in [0.29, 0.717) is 43.1 Å². The number of aliphatic hydroxyl groups is 1. The van der Waals surface area contributed by atoms with E-state index in [1.165, 1.54) is 0 Å². The number of amides is 3. The van der Waals surface area contributed by atoms with Crippen LogP contribution in [-0.4, -0.2) is 81.4 Å². The summed E-state index contributed by atoms with van der Waals surface area (Å²) in [6, 6.07) is 15.7. The van der Waals surface area contributed by atoms with Crippen LogP contribution in [0.15, 0.2) is 79.9 Å². The molecule has 2 aromatic rings. The molecule has 0 aromatic heterocycles. The number of likely N-dealkylation sites (tertiary alicyclic amines) is 1. The molecule has 5 rings (SSSR count). The number of rotatable bonds is 13. The molecule has 1 spiro atoms. The Morgan fingerprint density at radius 2 is 1.77 bits per heavy atom. The normalized spacial score (nSPS) is 27.2. The van der Waals surface area contributed by atoms with Crippen LogP contribution in [-0.2, 0) is 25.7 Å². The maximum absolute atomic E-state index is 14.6. The van der Waals surface area contributed by atoms with Crippen molar-refractivity contribution in [3.63, 3.8) is 0 Å². The lowest BCUT2D eigenvalue weighted by atomic mass is 9.70. The van der Waals surface area contributed by atoms with Crippen molar-refractivity contribution in [2.45, 2.75) is 48.4 Å². The molecule has 1 N–H and O–H groups in total. The van der Waals surface area contributed by atoms with Crippen LogP contribution >= 0.6 is 27.5 Å². The van der Waals surface area contributed by atoms with E-state index in [1.54, 1.807) is 51.1 Å². The van der Waals surface area contributed by atoms with Crippen LogP contribution in [0.25, 0.3) is 0 Å². The standard InChI is InChI=1S/C33H37BrClN3O5/c1-3-16-36(21-22-10-6-5-7-11-22)30(40)26-27-31(41)38(18-8-9-19-39)29(33(27)20-25(34)28(26)43-33)32(42)37(17-4-2)24-14-12-23(35)13-15-24/h3-7,10-15,25-29,39H,1-2,8-9,16-21H2/t25?,26-,27-,28-,29?,33?/m0/s1. The van der Waals surface area contributed by atoms with E-state index in [-0.39, 0.29) is 42.2 Å². The van der Waals surface area contributed by atoms with Crippen molar-refractivity contribution in [3.05, 3.63) is 90.5 Å². The quantitative estimate of drug-likeness (QED) is 0.191. The predicted molar refractivity (Wildman–Crippen MR) is 170 cm³/mol. The van der Waals surface area contributed by atoms with Gasteiger partial charge >= 0.3 is 0 Å². The van der Waals surface area contributed by atoms with E-state index in [4.69, 9.17) is 16.3 Å². The smallest absolute Gasteiger partial charge is 0.253 e. The Balaban J connectivity index is 1.54. The van der Waals surface area contributed by atoms with Gasteiger partial charge in [0.2, 0.25) is 11.8 Å². The first-order valence-electron chi connectivity index (χ1n) is 14.6. The van der Waals surface area contributed by atoms with Crippen molar-refractivity contribution in [2.75, 3.05) is 31.1 Å². The van der Waals surface area contributed by atoms with Crippen LogP contribution in [0, 0.1) is 11.8 Å². The van der Waals surface area contributed by atoms with E-state index in [1.807, 2.05) is 30.3 Å². The molecule has 3 aliphatic rings. The molecule has 3 amide bonds. The number of halogens is 2. The lowest BCUT2D eigenvalue weighted by Gasteiger charge is -2.37. The fraction of sp³-hybridized carbons (Fsp3) is 0.424. The molecule has 43 heavy (non-hydrogen) atoms. The first-order valence-corrected chi connectivity index (χ1v) is 15.9. The lowest BCUT2D eigenvalue weighted by Crippen LogP contribution is -2.57. The third-order valence-electron chi connectivity index (χ3n) is 8.71. The number of hydrogen-bond acceptors (Lipinski definition) is 5. The highest BCUT2D eigenvalue weighted by Crippen LogP contribution is 2.60. The number of ether oxygens (including phenoxy) is 1. The van der Waals surface area contributed by atoms with Gasteiger partial charge in [-0.15, -0.1) is 13.2 Å². The highest BCUT2D eigenvalue weighted by molar-refractivity contribution is 9.09. The van der Waals surface area contributed by atoms with Crippen LogP contribution in [0.1, 0.15) is 24.8 Å². The molecule has 8 nitrogen and oxygen atoms in total. The second kappa shape index (κ2) is 13.3. The second-order valence-electron chi connectivity index (χ2n) is 11.3. The Morgan fingerprint density at radius 1 is 1.07 bits per heavy atom. The van der Waals surface area contributed by atoms with Crippen LogP contribution in [0.4, 0.5) is 5.69 Å². The highest BCUT2D eigenvalue weighted by Gasteiger charge is 2.76. The van der Waals surface area contributed by atoms with E-state index in [9.17, 15) is 19.5 Å². The van der Waals surface area contributed by atoms with Crippen LogP contribution < -0.4 is 4.90 Å². The van der Waals surface area contributed by atoms with Crippen molar-refractivity contribution in [1.29, 1.82) is 0 Å². The molecule has 3 saturated heterocycles. The maximum atomic E-state index is 14.6. The summed E-state index contributed by atoms with van der Waals surface area (Å²) < 4.78 is 6.71. The largest absolute Gasteiger partial charge is 0.396 e. The summed E-state index contributed by atoms with van der Waals surface area (Å²) in [5.74, 6) is -2.34. The Kier molecular flexibility index (Phi) is 9.76. The minimum absolute atomic E-state index is 0.0261. The van der Waals surface area contributed by atoms with Crippen molar-refractivity contribution in [3.8, 4) is 0 Å². The monoisotopic (exact) mass is 669 g/mol. The SMILES string of the molecule is C=CCN(Cc1ccccc1)C(=O)[C@H]1[C@H]2C(=O)N(CCCCO)C(C(=O)N(CC=C)c3ccc(Cl)cc3)C23CC(Br)[C@@H]1O3. The van der Waals surface area contributed by atoms with Gasteiger partial charge in [-0.1, -0.05) is 70.0 Å². The summed E-state index contributed by atoms with van der Waals surface area (Å²) >= 11 is 9.89. The van der Waals surface area contributed by atoms with Crippen molar-refractivity contribution >= 4 is 50.9 Å². The van der Waals surface area contributed by atoms with Gasteiger partial charge in [-0.3, -0.25) is 14.4 Å². The van der Waals surface area contributed by atoms with Crippen LogP contribution in [0.5, 0.6) is 0 Å². The molecule has 0 radical (unpaired) electrons. The van der Waals surface area contributed by atoms with Gasteiger partial charge in [-0.25, -0.2) is 0 Å². The Morgan fingerprint density at radius 3 is 2.42 bits per heavy atom. The lowest BCUT2D eigenvalue weighted by molar-refractivity contribution is -0.145. The Labute approximate surface area is 266 Å². The van der Waals surface area contributed by atoms with Gasteiger partial charge in [-0.05, 0) is 49.1 Å². The summed E-state index contributed by atoms with van der Waals surface area (Å²) in [6.45, 7) is 8.83. The molecule has 228 valence electrons. The number of alkyl halides is 1. The maximum Gasteiger partial charge on any atom is 0.253 e. The van der Waals surface area contributed by atoms with Crippen LogP contribution in [0.3, 0.4) is 0 Å². The molecule has 2 bridgehead atoms. The number of unbranched alkanes of at least 4 members (excludes halogenated alkanes) is 1. The number of aliphatic hydroxyl groups excluding tert-OH is 1. The number of carbonyl (C=O) groups is 3. The van der Waals surface area contributed by atoms with E-state index in [0.717, 1.165) is 5.56 Å². The molecule has 0 aliphatic carbocycles. The van der Waals surface area contributed by atoms with E-state index < -0.39 is 29.6 Å². The Hall–Kier alpha value is -2.98. The summed E-state index contributed by atoms with van der Waals surface area (Å²) in [7, 11) is 0. The summed E-state index contributed by atoms with van der Waals surface area (Å²) in [5, 5.41) is 10.0. The zero-order chi connectivity index (χ0) is 30.7. The first-order chi connectivity index (χ1) is 20.8. The molecular formula is C33H37BrClN3O5. The number of fused-ring (bicyclic) bond motifs is 1. The molecule has 3 unspecified atom stereocenters. The molecule has 2 aromatic carbocycles. The molecule has 3 aliphatic heterocycles. The highest BCUT2D eigenvalue weighted by atomic mass is 79.9. The Bertz CT molecular complexity index is 1360. The summed E-state index contributed by atoms with van der Waals surface area (Å²) in [4.78, 5) is 48.0. The average Bonchev–Trinajstić information content (AvgIpc) is 3.59. The number of carbonyl (C=O) groups excluding carboxylic acids is 3. The van der Waals surface area contributed by atoms with E-state index >= 15 is 0 Å². The van der Waals surface area contributed by atoms with Gasteiger partial charge in [-0.2, -0.15) is 0 Å². The zero-order valence-electron chi connectivity index (χ0n) is 24.0. The molecule has 3 fully saturated rings. The second-order valence-corrected chi connectivity index (χ2v) is 12.9. The number of hydrogen-bond donors (Lipinski definition) is 1. The summed E-state index contributed by atoms with van der Waals surface area (Å²) in [5.41, 5.74) is 0.393. The van der Waals surface area contributed by atoms with Crippen molar-refractivity contribution < 1.29 is 24.2 Å². The number of benzene rings is 2. The molecule has 3 heterocycles. The van der Waals surface area contributed by atoms with Gasteiger partial charge < -0.3 is 24.5 Å². The van der Waals surface area contributed by atoms with Gasteiger partial charge in [0.05, 0.1) is 17.9 Å². The zero-order valence-corrected chi connectivity index (χ0v) is 26.3. The fourth-order valence-corrected chi connectivity index (χ4v) is 8.02. The predicted octanol–water partition coefficient (Wildman–Crippen LogP) is 4.59. The third-order valence-corrected chi connectivity index (χ3v) is 9.81. The summed E-state index contributed by atoms with van der Waals surface area (Å²) in [6.07, 6.45) is 4.15. The average molecular weight is 671 g/mol. The van der Waals surface area contributed by atoms with Crippen LogP contribution in [0.2, 0.25) is 5.02 Å². The minimum Gasteiger partial charge on any atom is -0.396 e. The van der Waals surface area contributed by atoms with Crippen molar-refractivity contribution in [1.82, 2.24) is 9.80 Å². The minimum atomic E-state index is -1.19. The van der Waals surface area contributed by atoms with Gasteiger partial charge in [0.15, 0.2) is 0 Å². The van der Waals surface area contributed by atoms with Crippen molar-refractivity contribution in [2.24, 2.45) is 11.8 Å². The number of nitrogens with zero attached hydrogens (tertiary/aromatic N) is 3. The number of anilines is 1. The van der Waals surface area contributed by atoms with Gasteiger partial charge in [0.1, 0.15) is 11.6 Å². The van der Waals surface area contributed by atoms with Gasteiger partial charge in [0.25, 0.3) is 5.91 Å².